The summed E-state index contributed by atoms with van der Waals surface area (Å²) in [6.45, 7) is 3.57. The molecule has 0 saturated carbocycles. The molecule has 0 saturated heterocycles. The number of nitrogens with zero attached hydrogens (tertiary/aromatic N) is 1. The first-order chi connectivity index (χ1) is 9.38. The number of aryl methyl sites for hydroxylation is 1. The third kappa shape index (κ3) is 2.31. The number of thioether (sulfide) groups is 1. The van der Waals surface area contributed by atoms with Crippen molar-refractivity contribution in [3.8, 4) is 0 Å². The molecule has 5 heteroatoms. The van der Waals surface area contributed by atoms with Crippen molar-refractivity contribution in [3.63, 3.8) is 0 Å². The Labute approximate surface area is 123 Å². The molecule has 0 fully saturated rings. The van der Waals surface area contributed by atoms with Crippen molar-refractivity contribution in [2.75, 3.05) is 12.0 Å². The number of carbonyl (C=O) groups excluding carboxylic acids is 1. The molecule has 0 bridgehead atoms. The highest BCUT2D eigenvalue weighted by Gasteiger charge is 2.19. The first-order valence-corrected chi connectivity index (χ1v) is 7.77. The van der Waals surface area contributed by atoms with Crippen LogP contribution in [0.5, 0.6) is 0 Å². The SMILES string of the molecule is CSc1ccc2c(c1N)c(CC(N)C(C)=O)c(C)n2C. The first-order valence-electron chi connectivity index (χ1n) is 6.54. The van der Waals surface area contributed by atoms with Gasteiger partial charge in [0.05, 0.1) is 17.2 Å². The van der Waals surface area contributed by atoms with Gasteiger partial charge in [0.2, 0.25) is 0 Å². The lowest BCUT2D eigenvalue weighted by molar-refractivity contribution is -0.118. The molecular formula is C15H21N3OS. The summed E-state index contributed by atoms with van der Waals surface area (Å²) in [5.41, 5.74) is 16.3. The third-order valence-corrected chi connectivity index (χ3v) is 4.75. The minimum absolute atomic E-state index is 0.000922. The number of nitrogens with two attached hydrogens (primary N) is 2. The Balaban J connectivity index is 2.69. The van der Waals surface area contributed by atoms with Crippen molar-refractivity contribution in [2.24, 2.45) is 12.8 Å². The molecule has 1 heterocycles. The molecule has 0 aliphatic carbocycles. The van der Waals surface area contributed by atoms with Gasteiger partial charge in [0, 0.05) is 23.0 Å². The third-order valence-electron chi connectivity index (χ3n) is 3.95. The average molecular weight is 291 g/mol. The molecular weight excluding hydrogens is 270 g/mol. The van der Waals surface area contributed by atoms with Crippen molar-refractivity contribution in [2.45, 2.75) is 31.2 Å². The van der Waals surface area contributed by atoms with Crippen molar-refractivity contribution in [1.29, 1.82) is 0 Å². The van der Waals surface area contributed by atoms with Gasteiger partial charge >= 0.3 is 0 Å². The minimum Gasteiger partial charge on any atom is -0.397 e. The Morgan fingerprint density at radius 3 is 2.65 bits per heavy atom. The highest BCUT2D eigenvalue weighted by molar-refractivity contribution is 7.98. The van der Waals surface area contributed by atoms with Crippen LogP contribution < -0.4 is 11.5 Å². The van der Waals surface area contributed by atoms with Crippen LogP contribution >= 0.6 is 11.8 Å². The molecule has 0 aliphatic rings. The Morgan fingerprint density at radius 2 is 2.10 bits per heavy atom. The molecule has 0 radical (unpaired) electrons. The first kappa shape index (κ1) is 14.9. The monoisotopic (exact) mass is 291 g/mol. The van der Waals surface area contributed by atoms with Gasteiger partial charge in [-0.05, 0) is 44.2 Å². The molecule has 2 rings (SSSR count). The van der Waals surface area contributed by atoms with Crippen LogP contribution in [0.4, 0.5) is 5.69 Å². The Bertz CT molecular complexity index is 676. The zero-order valence-electron chi connectivity index (χ0n) is 12.4. The summed E-state index contributed by atoms with van der Waals surface area (Å²) in [6, 6.07) is 3.64. The fourth-order valence-electron chi connectivity index (χ4n) is 2.54. The maximum absolute atomic E-state index is 11.4. The predicted molar refractivity (Wildman–Crippen MR) is 86.2 cm³/mol. The summed E-state index contributed by atoms with van der Waals surface area (Å²) in [4.78, 5) is 12.5. The number of aromatic nitrogens is 1. The zero-order valence-corrected chi connectivity index (χ0v) is 13.2. The topological polar surface area (TPSA) is 74.0 Å². The molecule has 1 atom stereocenters. The van der Waals surface area contributed by atoms with E-state index in [2.05, 4.69) is 10.6 Å². The van der Waals surface area contributed by atoms with Gasteiger partial charge in [-0.25, -0.2) is 0 Å². The molecule has 4 N–H and O–H groups in total. The number of fused-ring (bicyclic) bond motifs is 1. The normalized spacial score (nSPS) is 12.8. The van der Waals surface area contributed by atoms with E-state index >= 15 is 0 Å². The fourth-order valence-corrected chi connectivity index (χ4v) is 3.07. The van der Waals surface area contributed by atoms with Crippen LogP contribution in [0.15, 0.2) is 17.0 Å². The molecule has 2 aromatic rings. The predicted octanol–water partition coefficient (Wildman–Crippen LogP) is 2.25. The highest BCUT2D eigenvalue weighted by atomic mass is 32.2. The number of hydrogen-bond donors (Lipinski definition) is 2. The second-order valence-corrected chi connectivity index (χ2v) is 5.97. The summed E-state index contributed by atoms with van der Waals surface area (Å²) in [7, 11) is 2.01. The van der Waals surface area contributed by atoms with E-state index in [0.29, 0.717) is 6.42 Å². The van der Waals surface area contributed by atoms with E-state index in [4.69, 9.17) is 11.5 Å². The van der Waals surface area contributed by atoms with E-state index < -0.39 is 6.04 Å². The van der Waals surface area contributed by atoms with Crippen molar-refractivity contribution in [1.82, 2.24) is 4.57 Å². The summed E-state index contributed by atoms with van der Waals surface area (Å²) >= 11 is 1.63. The van der Waals surface area contributed by atoms with Gasteiger partial charge in [-0.2, -0.15) is 0 Å². The number of nitrogen functional groups attached to an aromatic ring is 1. The highest BCUT2D eigenvalue weighted by Crippen LogP contribution is 2.36. The van der Waals surface area contributed by atoms with Crippen LogP contribution in [-0.2, 0) is 18.3 Å². The second kappa shape index (κ2) is 5.50. The summed E-state index contributed by atoms with van der Waals surface area (Å²) in [5.74, 6) is 0.000922. The number of ketones is 1. The summed E-state index contributed by atoms with van der Waals surface area (Å²) < 4.78 is 2.11. The van der Waals surface area contributed by atoms with Crippen molar-refractivity contribution < 1.29 is 4.79 Å². The van der Waals surface area contributed by atoms with E-state index in [1.54, 1.807) is 11.8 Å². The maximum Gasteiger partial charge on any atom is 0.146 e. The van der Waals surface area contributed by atoms with Crippen LogP contribution in [0.25, 0.3) is 10.9 Å². The number of carbonyl (C=O) groups is 1. The zero-order chi connectivity index (χ0) is 15.0. The Hall–Kier alpha value is -1.46. The number of Topliss-reactive ketones (excluding diaryl/α,β-unsaturated/α-hetero) is 1. The largest absolute Gasteiger partial charge is 0.397 e. The molecule has 0 aliphatic heterocycles. The Morgan fingerprint density at radius 1 is 1.45 bits per heavy atom. The molecule has 108 valence electrons. The van der Waals surface area contributed by atoms with Crippen LogP contribution in [0.2, 0.25) is 0 Å². The van der Waals surface area contributed by atoms with Crippen molar-refractivity contribution >= 4 is 34.1 Å². The van der Waals surface area contributed by atoms with Crippen molar-refractivity contribution in [3.05, 3.63) is 23.4 Å². The van der Waals surface area contributed by atoms with Crippen LogP contribution in [0.3, 0.4) is 0 Å². The molecule has 20 heavy (non-hydrogen) atoms. The van der Waals surface area contributed by atoms with E-state index in [0.717, 1.165) is 32.7 Å². The molecule has 4 nitrogen and oxygen atoms in total. The van der Waals surface area contributed by atoms with Gasteiger partial charge in [-0.15, -0.1) is 11.8 Å². The maximum atomic E-state index is 11.4. The lowest BCUT2D eigenvalue weighted by Crippen LogP contribution is -2.30. The molecule has 1 aromatic heterocycles. The number of benzene rings is 1. The number of anilines is 1. The van der Waals surface area contributed by atoms with Gasteiger partial charge in [-0.1, -0.05) is 0 Å². The molecule has 0 spiro atoms. The molecule has 1 aromatic carbocycles. The quantitative estimate of drug-likeness (QED) is 0.669. The van der Waals surface area contributed by atoms with Crippen LogP contribution in [-0.4, -0.2) is 22.6 Å². The van der Waals surface area contributed by atoms with Crippen LogP contribution in [0.1, 0.15) is 18.2 Å². The van der Waals surface area contributed by atoms with Gasteiger partial charge in [0.25, 0.3) is 0 Å². The van der Waals surface area contributed by atoms with E-state index in [-0.39, 0.29) is 5.78 Å². The number of rotatable bonds is 4. The van der Waals surface area contributed by atoms with E-state index in [9.17, 15) is 4.79 Å². The fraction of sp³-hybridized carbons (Fsp3) is 0.400. The summed E-state index contributed by atoms with van der Waals surface area (Å²) in [6.07, 6.45) is 2.54. The van der Waals surface area contributed by atoms with Gasteiger partial charge in [0.1, 0.15) is 5.78 Å². The lowest BCUT2D eigenvalue weighted by Gasteiger charge is -2.10. The Kier molecular flexibility index (Phi) is 4.11. The van der Waals surface area contributed by atoms with E-state index in [1.807, 2.05) is 26.3 Å². The standard InChI is InChI=1S/C15H21N3OS/c1-8-10(7-11(16)9(2)19)14-12(18(8)3)5-6-13(20-4)15(14)17/h5-6,11H,7,16-17H2,1-4H3. The molecule has 1 unspecified atom stereocenters. The van der Waals surface area contributed by atoms with Gasteiger partial charge in [-0.3, -0.25) is 4.79 Å². The minimum atomic E-state index is -0.475. The molecule has 0 amide bonds. The second-order valence-electron chi connectivity index (χ2n) is 5.12. The number of hydrogen-bond acceptors (Lipinski definition) is 4. The average Bonchev–Trinajstić information content (AvgIpc) is 2.65. The smallest absolute Gasteiger partial charge is 0.146 e. The van der Waals surface area contributed by atoms with Crippen LogP contribution in [0, 0.1) is 6.92 Å². The van der Waals surface area contributed by atoms with Gasteiger partial charge in [0.15, 0.2) is 0 Å². The van der Waals surface area contributed by atoms with Gasteiger partial charge < -0.3 is 16.0 Å². The lowest BCUT2D eigenvalue weighted by atomic mass is 10.00. The summed E-state index contributed by atoms with van der Waals surface area (Å²) in [5, 5.41) is 1.04. The van der Waals surface area contributed by atoms with E-state index in [1.165, 1.54) is 6.92 Å².